The van der Waals surface area contributed by atoms with Crippen LogP contribution in [0.3, 0.4) is 0 Å². The molecule has 2 unspecified atom stereocenters. The molecule has 9 nitrogen and oxygen atoms in total. The molecule has 0 bridgehead atoms. The standard InChI is InChI=1S/C31H33N5O4/c1-32-17-21-6-2-3-7-22(21)18-36(29(38)26-9-5-13-40-26)19-27(37)34-24-11-10-20-15-31(16-23(20)14-24)25-8-4-12-33-28(25)35-30(31)39/h2-4,6-8,10-12,14,26,32H,5,9,13,15-19H2,1H3,(H,34,37)(H,33,35,39). The highest BCUT2D eigenvalue weighted by Crippen LogP contribution is 2.46. The van der Waals surface area contributed by atoms with Crippen LogP contribution in [0.15, 0.2) is 60.8 Å². The van der Waals surface area contributed by atoms with Gasteiger partial charge < -0.3 is 25.6 Å². The van der Waals surface area contributed by atoms with Crippen molar-refractivity contribution in [3.63, 3.8) is 0 Å². The van der Waals surface area contributed by atoms with E-state index in [1.54, 1.807) is 11.1 Å². The van der Waals surface area contributed by atoms with Crippen molar-refractivity contribution in [3.8, 4) is 0 Å². The molecule has 3 N–H and O–H groups in total. The van der Waals surface area contributed by atoms with Crippen LogP contribution in [0, 0.1) is 0 Å². The molecule has 0 radical (unpaired) electrons. The molecule has 1 saturated heterocycles. The van der Waals surface area contributed by atoms with E-state index in [2.05, 4.69) is 20.9 Å². The van der Waals surface area contributed by atoms with Gasteiger partial charge in [0.2, 0.25) is 11.8 Å². The van der Waals surface area contributed by atoms with Crippen LogP contribution in [0.1, 0.15) is 40.7 Å². The Morgan fingerprint density at radius 2 is 1.93 bits per heavy atom. The Bertz CT molecular complexity index is 1470. The van der Waals surface area contributed by atoms with Crippen LogP contribution >= 0.6 is 0 Å². The molecule has 2 aliphatic heterocycles. The van der Waals surface area contributed by atoms with Gasteiger partial charge in [-0.25, -0.2) is 4.98 Å². The molecule has 1 aromatic heterocycles. The molecule has 6 rings (SSSR count). The van der Waals surface area contributed by atoms with Crippen LogP contribution in [0.2, 0.25) is 0 Å². The third-order valence-corrected chi connectivity index (χ3v) is 8.16. The summed E-state index contributed by atoms with van der Waals surface area (Å²) in [4.78, 5) is 45.6. The molecule has 206 valence electrons. The fourth-order valence-electron chi connectivity index (χ4n) is 6.19. The minimum Gasteiger partial charge on any atom is -0.368 e. The Morgan fingerprint density at radius 3 is 2.73 bits per heavy atom. The molecule has 1 aliphatic carbocycles. The van der Waals surface area contributed by atoms with Crippen molar-refractivity contribution in [1.29, 1.82) is 0 Å². The van der Waals surface area contributed by atoms with Crippen molar-refractivity contribution in [2.24, 2.45) is 0 Å². The zero-order valence-electron chi connectivity index (χ0n) is 22.5. The van der Waals surface area contributed by atoms with Crippen molar-refractivity contribution in [1.82, 2.24) is 15.2 Å². The Kier molecular flexibility index (Phi) is 7.08. The fraction of sp³-hybridized carbons (Fsp3) is 0.355. The minimum absolute atomic E-state index is 0.0372. The van der Waals surface area contributed by atoms with Gasteiger partial charge in [0.25, 0.3) is 5.91 Å². The first-order valence-electron chi connectivity index (χ1n) is 13.8. The Hall–Kier alpha value is -4.08. The lowest BCUT2D eigenvalue weighted by Crippen LogP contribution is -2.43. The van der Waals surface area contributed by atoms with Gasteiger partial charge in [0.1, 0.15) is 18.5 Å². The van der Waals surface area contributed by atoms with Crippen molar-refractivity contribution in [3.05, 3.63) is 88.6 Å². The Labute approximate surface area is 233 Å². The smallest absolute Gasteiger partial charge is 0.252 e. The summed E-state index contributed by atoms with van der Waals surface area (Å²) in [6.07, 6.45) is 3.80. The van der Waals surface area contributed by atoms with Gasteiger partial charge in [-0.05, 0) is 73.2 Å². The number of hydrogen-bond donors (Lipinski definition) is 3. The monoisotopic (exact) mass is 539 g/mol. The van der Waals surface area contributed by atoms with Gasteiger partial charge in [-0.3, -0.25) is 14.4 Å². The van der Waals surface area contributed by atoms with Gasteiger partial charge in [0, 0.05) is 37.1 Å². The zero-order valence-corrected chi connectivity index (χ0v) is 22.5. The number of pyridine rings is 1. The van der Waals surface area contributed by atoms with Crippen molar-refractivity contribution in [2.75, 3.05) is 30.8 Å². The van der Waals surface area contributed by atoms with Crippen LogP contribution in [0.5, 0.6) is 0 Å². The number of aromatic nitrogens is 1. The number of amides is 3. The second kappa shape index (κ2) is 10.8. The molecule has 9 heteroatoms. The van der Waals surface area contributed by atoms with E-state index in [9.17, 15) is 14.4 Å². The second-order valence-electron chi connectivity index (χ2n) is 10.8. The molecule has 2 atom stereocenters. The number of nitrogens with one attached hydrogen (secondary N) is 3. The summed E-state index contributed by atoms with van der Waals surface area (Å²) < 4.78 is 5.67. The van der Waals surface area contributed by atoms with Gasteiger partial charge in [-0.2, -0.15) is 0 Å². The average molecular weight is 540 g/mol. The first kappa shape index (κ1) is 26.2. The van der Waals surface area contributed by atoms with E-state index in [4.69, 9.17) is 4.74 Å². The maximum atomic E-state index is 13.4. The number of carbonyl (C=O) groups is 3. The van der Waals surface area contributed by atoms with E-state index in [1.807, 2.05) is 61.6 Å². The Balaban J connectivity index is 1.18. The lowest BCUT2D eigenvalue weighted by atomic mass is 9.79. The lowest BCUT2D eigenvalue weighted by molar-refractivity contribution is -0.143. The zero-order chi connectivity index (χ0) is 27.7. The highest BCUT2D eigenvalue weighted by molar-refractivity contribution is 6.06. The number of anilines is 2. The maximum Gasteiger partial charge on any atom is 0.252 e. The molecule has 1 fully saturated rings. The number of fused-ring (bicyclic) bond motifs is 3. The molecular formula is C31H33N5O4. The van der Waals surface area contributed by atoms with Gasteiger partial charge >= 0.3 is 0 Å². The summed E-state index contributed by atoms with van der Waals surface area (Å²) in [5, 5.41) is 9.08. The SMILES string of the molecule is CNCc1ccccc1CN(CC(=O)Nc1ccc2c(c1)CC1(C2)C(=O)Nc2ncccc21)C(=O)C1CCCO1. The van der Waals surface area contributed by atoms with E-state index < -0.39 is 11.5 Å². The van der Waals surface area contributed by atoms with Crippen LogP contribution in [0.4, 0.5) is 11.5 Å². The quantitative estimate of drug-likeness (QED) is 0.406. The van der Waals surface area contributed by atoms with Crippen LogP contribution in [-0.4, -0.2) is 53.9 Å². The number of hydrogen-bond acceptors (Lipinski definition) is 6. The summed E-state index contributed by atoms with van der Waals surface area (Å²) in [6.45, 7) is 1.45. The Morgan fingerprint density at radius 1 is 1.10 bits per heavy atom. The third kappa shape index (κ3) is 4.87. The molecule has 3 amide bonds. The predicted molar refractivity (Wildman–Crippen MR) is 151 cm³/mol. The number of nitrogens with zero attached hydrogens (tertiary/aromatic N) is 2. The minimum atomic E-state index is -0.667. The molecule has 2 aromatic carbocycles. The molecule has 3 aromatic rings. The summed E-state index contributed by atoms with van der Waals surface area (Å²) in [5.41, 5.74) is 5.08. The van der Waals surface area contributed by atoms with E-state index in [0.29, 0.717) is 50.5 Å². The van der Waals surface area contributed by atoms with Crippen LogP contribution in [-0.2, 0) is 50.5 Å². The predicted octanol–water partition coefficient (Wildman–Crippen LogP) is 2.94. The van der Waals surface area contributed by atoms with Crippen molar-refractivity contribution in [2.45, 2.75) is 50.3 Å². The first-order chi connectivity index (χ1) is 19.5. The lowest BCUT2D eigenvalue weighted by Gasteiger charge is -2.26. The van der Waals surface area contributed by atoms with Crippen molar-refractivity contribution < 1.29 is 19.1 Å². The van der Waals surface area contributed by atoms with Crippen LogP contribution in [0.25, 0.3) is 0 Å². The van der Waals surface area contributed by atoms with Gasteiger partial charge in [-0.15, -0.1) is 0 Å². The largest absolute Gasteiger partial charge is 0.368 e. The summed E-state index contributed by atoms with van der Waals surface area (Å²) in [5.74, 6) is 0.145. The first-order valence-corrected chi connectivity index (χ1v) is 13.8. The second-order valence-corrected chi connectivity index (χ2v) is 10.8. The number of ether oxygens (including phenoxy) is 1. The van der Waals surface area contributed by atoms with Crippen LogP contribution < -0.4 is 16.0 Å². The van der Waals surface area contributed by atoms with E-state index in [1.165, 1.54) is 0 Å². The van der Waals surface area contributed by atoms with Gasteiger partial charge in [-0.1, -0.05) is 36.4 Å². The third-order valence-electron chi connectivity index (χ3n) is 8.16. The molecule has 1 spiro atoms. The van der Waals surface area contributed by atoms with Crippen molar-refractivity contribution >= 4 is 29.2 Å². The molecule has 3 aliphatic rings. The molecule has 0 saturated carbocycles. The average Bonchev–Trinajstić information content (AvgIpc) is 3.68. The van der Waals surface area contributed by atoms with Gasteiger partial charge in [0.15, 0.2) is 0 Å². The highest BCUT2D eigenvalue weighted by Gasteiger charge is 2.51. The summed E-state index contributed by atoms with van der Waals surface area (Å²) >= 11 is 0. The van der Waals surface area contributed by atoms with E-state index >= 15 is 0 Å². The number of benzene rings is 2. The fourth-order valence-corrected chi connectivity index (χ4v) is 6.19. The number of carbonyl (C=O) groups excluding carboxylic acids is 3. The molecular weight excluding hydrogens is 506 g/mol. The van der Waals surface area contributed by atoms with E-state index in [-0.39, 0.29) is 24.3 Å². The summed E-state index contributed by atoms with van der Waals surface area (Å²) in [7, 11) is 1.88. The molecule has 40 heavy (non-hydrogen) atoms. The maximum absolute atomic E-state index is 13.4. The topological polar surface area (TPSA) is 113 Å². The highest BCUT2D eigenvalue weighted by atomic mass is 16.5. The van der Waals surface area contributed by atoms with E-state index in [0.717, 1.165) is 34.2 Å². The summed E-state index contributed by atoms with van der Waals surface area (Å²) in [6, 6.07) is 17.5. The van der Waals surface area contributed by atoms with Gasteiger partial charge in [0.05, 0.1) is 5.41 Å². The normalized spacial score (nSPS) is 20.7. The molecule has 3 heterocycles. The number of rotatable bonds is 8.